The molecule has 0 unspecified atom stereocenters. The first-order valence-corrected chi connectivity index (χ1v) is 5.23. The van der Waals surface area contributed by atoms with Crippen molar-refractivity contribution < 1.29 is 0 Å². The van der Waals surface area contributed by atoms with Crippen molar-refractivity contribution in [3.63, 3.8) is 0 Å². The molecule has 0 aliphatic rings. The summed E-state index contributed by atoms with van der Waals surface area (Å²) < 4.78 is 1.08. The lowest BCUT2D eigenvalue weighted by atomic mass is 10.2. The van der Waals surface area contributed by atoms with Crippen molar-refractivity contribution in [3.05, 3.63) is 53.0 Å². The van der Waals surface area contributed by atoms with Gasteiger partial charge in [0.05, 0.1) is 0 Å². The van der Waals surface area contributed by atoms with Crippen LogP contribution in [0.3, 0.4) is 0 Å². The first-order valence-electron chi connectivity index (χ1n) is 3.52. The van der Waals surface area contributed by atoms with Crippen molar-refractivity contribution >= 4 is 36.3 Å². The van der Waals surface area contributed by atoms with Gasteiger partial charge in [0.2, 0.25) is 0 Å². The normalized spacial score (nSPS) is 12.3. The van der Waals surface area contributed by atoms with Gasteiger partial charge in [-0.3, -0.25) is 0 Å². The van der Waals surface area contributed by atoms with Crippen LogP contribution in [0.25, 0.3) is 4.48 Å². The summed E-state index contributed by atoms with van der Waals surface area (Å²) in [5.41, 5.74) is 1.18. The standard InChI is InChI=1S/C10H8Br2/c11-8-4-7-10(12)9-5-2-1-3-6-9/h1-8H. The third kappa shape index (κ3) is 2.95. The molecule has 12 heavy (non-hydrogen) atoms. The van der Waals surface area contributed by atoms with Crippen molar-refractivity contribution in [1.29, 1.82) is 0 Å². The Balaban J connectivity index is 2.85. The average molecular weight is 288 g/mol. The van der Waals surface area contributed by atoms with E-state index in [-0.39, 0.29) is 0 Å². The van der Waals surface area contributed by atoms with E-state index in [0.717, 1.165) is 4.48 Å². The number of benzene rings is 1. The van der Waals surface area contributed by atoms with Gasteiger partial charge in [-0.1, -0.05) is 68.3 Å². The Bertz CT molecular complexity index is 286. The van der Waals surface area contributed by atoms with E-state index >= 15 is 0 Å². The van der Waals surface area contributed by atoms with Crippen LogP contribution >= 0.6 is 31.9 Å². The van der Waals surface area contributed by atoms with Gasteiger partial charge < -0.3 is 0 Å². The van der Waals surface area contributed by atoms with Gasteiger partial charge in [-0.15, -0.1) is 0 Å². The lowest BCUT2D eigenvalue weighted by Gasteiger charge is -1.95. The Morgan fingerprint density at radius 1 is 1.17 bits per heavy atom. The van der Waals surface area contributed by atoms with Crippen molar-refractivity contribution in [2.24, 2.45) is 0 Å². The minimum atomic E-state index is 1.08. The first kappa shape index (κ1) is 9.75. The zero-order valence-corrected chi connectivity index (χ0v) is 9.55. The van der Waals surface area contributed by atoms with E-state index in [1.807, 2.05) is 35.3 Å². The molecule has 0 aliphatic carbocycles. The van der Waals surface area contributed by atoms with E-state index in [0.29, 0.717) is 0 Å². The molecule has 0 saturated carbocycles. The zero-order valence-electron chi connectivity index (χ0n) is 6.37. The summed E-state index contributed by atoms with van der Waals surface area (Å²) in [5, 5.41) is 0. The van der Waals surface area contributed by atoms with Gasteiger partial charge in [0, 0.05) is 4.48 Å². The fraction of sp³-hybridized carbons (Fsp3) is 0. The lowest BCUT2D eigenvalue weighted by Crippen LogP contribution is -1.72. The fourth-order valence-corrected chi connectivity index (χ4v) is 1.38. The molecule has 0 fully saturated rings. The van der Waals surface area contributed by atoms with Crippen molar-refractivity contribution in [1.82, 2.24) is 0 Å². The van der Waals surface area contributed by atoms with Crippen LogP contribution in [0.2, 0.25) is 0 Å². The number of halogens is 2. The van der Waals surface area contributed by atoms with Crippen LogP contribution in [0.5, 0.6) is 0 Å². The molecule has 0 saturated heterocycles. The average Bonchev–Trinajstić information content (AvgIpc) is 2.15. The third-order valence-electron chi connectivity index (χ3n) is 1.36. The highest BCUT2D eigenvalue weighted by molar-refractivity contribution is 9.15. The van der Waals surface area contributed by atoms with Crippen LogP contribution < -0.4 is 0 Å². The molecule has 1 aromatic carbocycles. The van der Waals surface area contributed by atoms with E-state index in [1.165, 1.54) is 5.56 Å². The highest BCUT2D eigenvalue weighted by Gasteiger charge is 1.92. The maximum absolute atomic E-state index is 3.48. The van der Waals surface area contributed by atoms with Crippen LogP contribution in [0.1, 0.15) is 5.56 Å². The van der Waals surface area contributed by atoms with E-state index in [2.05, 4.69) is 44.0 Å². The minimum absolute atomic E-state index is 1.08. The van der Waals surface area contributed by atoms with Gasteiger partial charge >= 0.3 is 0 Å². The van der Waals surface area contributed by atoms with E-state index in [4.69, 9.17) is 0 Å². The molecule has 0 atom stereocenters. The molecule has 0 bridgehead atoms. The summed E-state index contributed by atoms with van der Waals surface area (Å²) in [6.45, 7) is 0. The Kier molecular flexibility index (Phi) is 4.33. The van der Waals surface area contributed by atoms with Gasteiger partial charge in [-0.05, 0) is 16.6 Å². The second kappa shape index (κ2) is 5.33. The maximum Gasteiger partial charge on any atom is 0.0247 e. The topological polar surface area (TPSA) is 0 Å². The van der Waals surface area contributed by atoms with Gasteiger partial charge in [0.1, 0.15) is 0 Å². The van der Waals surface area contributed by atoms with Gasteiger partial charge in [0.25, 0.3) is 0 Å². The van der Waals surface area contributed by atoms with Crippen LogP contribution in [0.4, 0.5) is 0 Å². The van der Waals surface area contributed by atoms with Gasteiger partial charge in [-0.2, -0.15) is 0 Å². The summed E-state index contributed by atoms with van der Waals surface area (Å²) >= 11 is 6.68. The molecule has 0 heterocycles. The molecule has 0 N–H and O–H groups in total. The first-order chi connectivity index (χ1) is 5.84. The summed E-state index contributed by atoms with van der Waals surface area (Å²) in [7, 11) is 0. The second-order valence-corrected chi connectivity index (χ2v) is 3.58. The molecule has 0 spiro atoms. The molecule has 0 aromatic heterocycles. The van der Waals surface area contributed by atoms with E-state index < -0.39 is 0 Å². The van der Waals surface area contributed by atoms with E-state index in [9.17, 15) is 0 Å². The van der Waals surface area contributed by atoms with Crippen LogP contribution in [-0.4, -0.2) is 0 Å². The van der Waals surface area contributed by atoms with Crippen molar-refractivity contribution in [2.75, 3.05) is 0 Å². The SMILES string of the molecule is BrC=CC=C(Br)c1ccccc1. The molecule has 1 aromatic rings. The summed E-state index contributed by atoms with van der Waals surface area (Å²) in [4.78, 5) is 1.82. The quantitative estimate of drug-likeness (QED) is 0.710. The van der Waals surface area contributed by atoms with E-state index in [1.54, 1.807) is 0 Å². The Morgan fingerprint density at radius 3 is 2.42 bits per heavy atom. The molecule has 2 heteroatoms. The smallest absolute Gasteiger partial charge is 0.0247 e. The largest absolute Gasteiger partial charge is 0.0622 e. The monoisotopic (exact) mass is 286 g/mol. The summed E-state index contributed by atoms with van der Waals surface area (Å²) in [6.07, 6.45) is 3.92. The molecule has 0 amide bonds. The predicted octanol–water partition coefficient (Wildman–Crippen LogP) is 4.33. The Morgan fingerprint density at radius 2 is 1.83 bits per heavy atom. The molecule has 0 radical (unpaired) electrons. The minimum Gasteiger partial charge on any atom is -0.0622 e. The number of allylic oxidation sites excluding steroid dienone is 2. The predicted molar refractivity (Wildman–Crippen MR) is 61.4 cm³/mol. The highest BCUT2D eigenvalue weighted by atomic mass is 79.9. The molecule has 0 nitrogen and oxygen atoms in total. The van der Waals surface area contributed by atoms with Crippen LogP contribution in [0.15, 0.2) is 47.5 Å². The molecule has 1 rings (SSSR count). The molecule has 62 valence electrons. The number of hydrogen-bond acceptors (Lipinski definition) is 0. The number of rotatable bonds is 2. The third-order valence-corrected chi connectivity index (χ3v) is 2.39. The summed E-state index contributed by atoms with van der Waals surface area (Å²) in [5.74, 6) is 0. The molecule has 0 aliphatic heterocycles. The fourth-order valence-electron chi connectivity index (χ4n) is 0.814. The zero-order chi connectivity index (χ0) is 8.81. The lowest BCUT2D eigenvalue weighted by molar-refractivity contribution is 1.65. The molecular formula is C10H8Br2. The van der Waals surface area contributed by atoms with Crippen molar-refractivity contribution in [2.45, 2.75) is 0 Å². The van der Waals surface area contributed by atoms with Crippen LogP contribution in [-0.2, 0) is 0 Å². The second-order valence-electron chi connectivity index (χ2n) is 2.20. The Hall–Kier alpha value is -0.340. The van der Waals surface area contributed by atoms with Gasteiger partial charge in [-0.25, -0.2) is 0 Å². The Labute approximate surface area is 89.2 Å². The summed E-state index contributed by atoms with van der Waals surface area (Å²) in [6, 6.07) is 10.2. The van der Waals surface area contributed by atoms with Gasteiger partial charge in [0.15, 0.2) is 0 Å². The van der Waals surface area contributed by atoms with Crippen LogP contribution in [0, 0.1) is 0 Å². The van der Waals surface area contributed by atoms with Crippen molar-refractivity contribution in [3.8, 4) is 0 Å². The maximum atomic E-state index is 3.48. The number of hydrogen-bond donors (Lipinski definition) is 0. The molecular weight excluding hydrogens is 280 g/mol. The highest BCUT2D eigenvalue weighted by Crippen LogP contribution is 2.20.